The van der Waals surface area contributed by atoms with Gasteiger partial charge in [-0.25, -0.2) is 4.98 Å². The molecule has 1 amide bonds. The molecule has 0 bridgehead atoms. The number of methoxy groups -OCH3 is 1. The number of aromatic nitrogens is 1. The number of benzene rings is 2. The molecule has 4 rings (SSSR count). The number of thiazole rings is 1. The number of halogens is 1. The van der Waals surface area contributed by atoms with Crippen molar-refractivity contribution in [2.24, 2.45) is 0 Å². The molecular formula is C22H23BrN4O2S. The van der Waals surface area contributed by atoms with Gasteiger partial charge in [0.25, 0.3) is 0 Å². The summed E-state index contributed by atoms with van der Waals surface area (Å²) >= 11 is 5.06. The summed E-state index contributed by atoms with van der Waals surface area (Å²) in [6.07, 6.45) is 0. The molecule has 1 N–H and O–H groups in total. The Bertz CT molecular complexity index is 1000. The Morgan fingerprint density at radius 3 is 2.67 bits per heavy atom. The molecule has 0 atom stereocenters. The van der Waals surface area contributed by atoms with Gasteiger partial charge < -0.3 is 15.0 Å². The third-order valence-electron chi connectivity index (χ3n) is 5.00. The average Bonchev–Trinajstić information content (AvgIpc) is 3.26. The van der Waals surface area contributed by atoms with E-state index in [2.05, 4.69) is 36.4 Å². The first kappa shape index (κ1) is 20.8. The summed E-state index contributed by atoms with van der Waals surface area (Å²) in [4.78, 5) is 21.6. The lowest BCUT2D eigenvalue weighted by molar-refractivity contribution is -0.117. The highest BCUT2D eigenvalue weighted by atomic mass is 79.9. The Morgan fingerprint density at radius 2 is 1.93 bits per heavy atom. The molecule has 30 heavy (non-hydrogen) atoms. The van der Waals surface area contributed by atoms with Crippen LogP contribution >= 0.6 is 27.3 Å². The molecule has 6 nitrogen and oxygen atoms in total. The Hall–Kier alpha value is -2.42. The molecular weight excluding hydrogens is 464 g/mol. The van der Waals surface area contributed by atoms with E-state index in [0.29, 0.717) is 6.54 Å². The van der Waals surface area contributed by atoms with Crippen molar-refractivity contribution >= 4 is 44.0 Å². The van der Waals surface area contributed by atoms with Crippen LogP contribution < -0.4 is 15.0 Å². The molecule has 1 saturated heterocycles. The van der Waals surface area contributed by atoms with E-state index in [9.17, 15) is 4.79 Å². The van der Waals surface area contributed by atoms with E-state index in [0.717, 1.165) is 58.5 Å². The number of carbonyl (C=O) groups excluding carboxylic acids is 1. The van der Waals surface area contributed by atoms with Crippen molar-refractivity contribution in [2.75, 3.05) is 50.1 Å². The Kier molecular flexibility index (Phi) is 6.66. The zero-order valence-electron chi connectivity index (χ0n) is 16.7. The summed E-state index contributed by atoms with van der Waals surface area (Å²) in [6.45, 7) is 3.79. The van der Waals surface area contributed by atoms with E-state index < -0.39 is 0 Å². The number of piperazine rings is 1. The number of nitrogens with zero attached hydrogens (tertiary/aromatic N) is 3. The summed E-state index contributed by atoms with van der Waals surface area (Å²) < 4.78 is 6.30. The van der Waals surface area contributed by atoms with E-state index in [-0.39, 0.29) is 5.91 Å². The summed E-state index contributed by atoms with van der Waals surface area (Å²) in [5.74, 6) is 0.845. The summed E-state index contributed by atoms with van der Waals surface area (Å²) in [5, 5.41) is 6.06. The second kappa shape index (κ2) is 9.59. The molecule has 1 fully saturated rings. The first-order valence-electron chi connectivity index (χ1n) is 9.73. The Balaban J connectivity index is 1.30. The van der Waals surface area contributed by atoms with Crippen molar-refractivity contribution in [1.82, 2.24) is 9.88 Å². The number of anilines is 2. The monoisotopic (exact) mass is 486 g/mol. The third-order valence-corrected chi connectivity index (χ3v) is 6.43. The van der Waals surface area contributed by atoms with Gasteiger partial charge in [0.15, 0.2) is 5.13 Å². The smallest absolute Gasteiger partial charge is 0.238 e. The maximum Gasteiger partial charge on any atom is 0.238 e. The molecule has 1 aromatic heterocycles. The SMILES string of the molecule is COc1cccc(-c2csc(N3CCN(CC(=O)Nc4ccc(Br)cc4)CC3)n2)c1. The van der Waals surface area contributed by atoms with Crippen molar-refractivity contribution in [2.45, 2.75) is 0 Å². The number of nitrogens with one attached hydrogen (secondary N) is 1. The third kappa shape index (κ3) is 5.19. The van der Waals surface area contributed by atoms with Gasteiger partial charge in [-0.3, -0.25) is 9.69 Å². The maximum atomic E-state index is 12.3. The fourth-order valence-corrected chi connectivity index (χ4v) is 4.51. The van der Waals surface area contributed by atoms with E-state index in [4.69, 9.17) is 9.72 Å². The molecule has 0 radical (unpaired) electrons. The van der Waals surface area contributed by atoms with E-state index >= 15 is 0 Å². The van der Waals surface area contributed by atoms with Crippen LogP contribution in [-0.2, 0) is 4.79 Å². The van der Waals surface area contributed by atoms with E-state index in [1.807, 2.05) is 48.5 Å². The zero-order valence-corrected chi connectivity index (χ0v) is 19.1. The fraction of sp³-hybridized carbons (Fsp3) is 0.273. The molecule has 0 saturated carbocycles. The maximum absolute atomic E-state index is 12.3. The van der Waals surface area contributed by atoms with Gasteiger partial charge >= 0.3 is 0 Å². The van der Waals surface area contributed by atoms with Gasteiger partial charge in [0.2, 0.25) is 5.91 Å². The van der Waals surface area contributed by atoms with Crippen LogP contribution in [0.15, 0.2) is 58.4 Å². The lowest BCUT2D eigenvalue weighted by Crippen LogP contribution is -2.48. The molecule has 2 heterocycles. The second-order valence-corrected chi connectivity index (χ2v) is 8.82. The molecule has 1 aliphatic heterocycles. The molecule has 1 aliphatic rings. The molecule has 0 spiro atoms. The lowest BCUT2D eigenvalue weighted by atomic mass is 10.2. The summed E-state index contributed by atoms with van der Waals surface area (Å²) in [6, 6.07) is 15.6. The first-order chi connectivity index (χ1) is 14.6. The Morgan fingerprint density at radius 1 is 1.17 bits per heavy atom. The fourth-order valence-electron chi connectivity index (χ4n) is 3.36. The molecule has 3 aromatic rings. The minimum absolute atomic E-state index is 0.0142. The van der Waals surface area contributed by atoms with Crippen molar-refractivity contribution in [3.8, 4) is 17.0 Å². The molecule has 0 aliphatic carbocycles. The minimum atomic E-state index is 0.0142. The first-order valence-corrected chi connectivity index (χ1v) is 11.4. The highest BCUT2D eigenvalue weighted by Gasteiger charge is 2.21. The summed E-state index contributed by atoms with van der Waals surface area (Å²) in [7, 11) is 1.67. The van der Waals surface area contributed by atoms with Crippen molar-refractivity contribution < 1.29 is 9.53 Å². The van der Waals surface area contributed by atoms with Gasteiger partial charge in [-0.2, -0.15) is 0 Å². The molecule has 0 unspecified atom stereocenters. The second-order valence-electron chi connectivity index (χ2n) is 7.07. The molecule has 8 heteroatoms. The largest absolute Gasteiger partial charge is 0.497 e. The van der Waals surface area contributed by atoms with Crippen molar-refractivity contribution in [3.05, 3.63) is 58.4 Å². The van der Waals surface area contributed by atoms with Gasteiger partial charge in [-0.1, -0.05) is 28.1 Å². The van der Waals surface area contributed by atoms with Crippen LogP contribution in [0.3, 0.4) is 0 Å². The highest BCUT2D eigenvalue weighted by Crippen LogP contribution is 2.29. The van der Waals surface area contributed by atoms with Gasteiger partial charge in [-0.05, 0) is 36.4 Å². The predicted octanol–water partition coefficient (Wildman–Crippen LogP) is 4.34. The average molecular weight is 487 g/mol. The van der Waals surface area contributed by atoms with Crippen LogP contribution in [0, 0.1) is 0 Å². The van der Waals surface area contributed by atoms with E-state index in [1.54, 1.807) is 18.4 Å². The number of amides is 1. The van der Waals surface area contributed by atoms with Crippen LogP contribution in [0.2, 0.25) is 0 Å². The highest BCUT2D eigenvalue weighted by molar-refractivity contribution is 9.10. The van der Waals surface area contributed by atoms with Crippen LogP contribution in [0.5, 0.6) is 5.75 Å². The van der Waals surface area contributed by atoms with Gasteiger partial charge in [0.05, 0.1) is 19.3 Å². The number of hydrogen-bond donors (Lipinski definition) is 1. The van der Waals surface area contributed by atoms with Crippen molar-refractivity contribution in [1.29, 1.82) is 0 Å². The Labute approximate surface area is 188 Å². The number of ether oxygens (including phenoxy) is 1. The topological polar surface area (TPSA) is 57.7 Å². The molecule has 2 aromatic carbocycles. The van der Waals surface area contributed by atoms with Crippen LogP contribution in [0.25, 0.3) is 11.3 Å². The normalized spacial score (nSPS) is 14.5. The van der Waals surface area contributed by atoms with Crippen LogP contribution in [-0.4, -0.2) is 55.6 Å². The summed E-state index contributed by atoms with van der Waals surface area (Å²) in [5.41, 5.74) is 2.83. The quantitative estimate of drug-likeness (QED) is 0.561. The molecule has 156 valence electrons. The number of rotatable bonds is 6. The van der Waals surface area contributed by atoms with Gasteiger partial charge in [0.1, 0.15) is 5.75 Å². The number of carbonyl (C=O) groups is 1. The van der Waals surface area contributed by atoms with Crippen LogP contribution in [0.4, 0.5) is 10.8 Å². The standard InChI is InChI=1S/C22H23BrN4O2S/c1-29-19-4-2-3-16(13-19)20-15-30-22(25-20)27-11-9-26(10-12-27)14-21(28)24-18-7-5-17(23)6-8-18/h2-8,13,15H,9-12,14H2,1H3,(H,24,28). The van der Waals surface area contributed by atoms with E-state index in [1.165, 1.54) is 0 Å². The number of hydrogen-bond acceptors (Lipinski definition) is 6. The van der Waals surface area contributed by atoms with Gasteiger partial charge in [-0.15, -0.1) is 11.3 Å². The lowest BCUT2D eigenvalue weighted by Gasteiger charge is -2.34. The minimum Gasteiger partial charge on any atom is -0.497 e. The van der Waals surface area contributed by atoms with Crippen LogP contribution in [0.1, 0.15) is 0 Å². The van der Waals surface area contributed by atoms with Gasteiger partial charge in [0, 0.05) is 47.3 Å². The predicted molar refractivity (Wildman–Crippen MR) is 126 cm³/mol. The zero-order chi connectivity index (χ0) is 20.9. The van der Waals surface area contributed by atoms with Crippen molar-refractivity contribution in [3.63, 3.8) is 0 Å².